The molecule has 0 radical (unpaired) electrons. The van der Waals surface area contributed by atoms with Gasteiger partial charge in [0.1, 0.15) is 11.5 Å². The van der Waals surface area contributed by atoms with Crippen LogP contribution in [0.2, 0.25) is 0 Å². The SMILES string of the molecule is O=C(CN1CCN(Cc2ccc(C(=O)O)cc2)CC1)Nc1ccc(Oc2ccccc2)cc1. The van der Waals surface area contributed by atoms with Gasteiger partial charge in [0.2, 0.25) is 5.91 Å². The van der Waals surface area contributed by atoms with Gasteiger partial charge in [-0.25, -0.2) is 4.79 Å². The van der Waals surface area contributed by atoms with Crippen molar-refractivity contribution < 1.29 is 19.4 Å². The maximum Gasteiger partial charge on any atom is 0.335 e. The smallest absolute Gasteiger partial charge is 0.335 e. The molecule has 1 aliphatic rings. The fourth-order valence-electron chi connectivity index (χ4n) is 3.75. The number of carboxylic acid groups (broad SMARTS) is 1. The van der Waals surface area contributed by atoms with Crippen LogP contribution < -0.4 is 10.1 Å². The largest absolute Gasteiger partial charge is 0.478 e. The Balaban J connectivity index is 1.19. The minimum absolute atomic E-state index is 0.0376. The van der Waals surface area contributed by atoms with E-state index < -0.39 is 5.97 Å². The molecule has 0 saturated carbocycles. The lowest BCUT2D eigenvalue weighted by atomic mass is 10.1. The number of carboxylic acids is 1. The molecule has 4 rings (SSSR count). The molecule has 33 heavy (non-hydrogen) atoms. The summed E-state index contributed by atoms with van der Waals surface area (Å²) in [6.45, 7) is 4.47. The molecule has 1 amide bonds. The lowest BCUT2D eigenvalue weighted by molar-refractivity contribution is -0.117. The molecule has 7 nitrogen and oxygen atoms in total. The molecule has 0 atom stereocenters. The van der Waals surface area contributed by atoms with Crippen molar-refractivity contribution in [3.63, 3.8) is 0 Å². The minimum atomic E-state index is -0.912. The average molecular weight is 446 g/mol. The van der Waals surface area contributed by atoms with Crippen LogP contribution in [0.5, 0.6) is 11.5 Å². The first-order valence-electron chi connectivity index (χ1n) is 10.9. The third-order valence-electron chi connectivity index (χ3n) is 5.56. The molecule has 0 aliphatic carbocycles. The number of rotatable bonds is 8. The van der Waals surface area contributed by atoms with Crippen molar-refractivity contribution in [3.8, 4) is 11.5 Å². The molecular formula is C26H27N3O4. The first-order chi connectivity index (χ1) is 16.0. The summed E-state index contributed by atoms with van der Waals surface area (Å²) in [4.78, 5) is 27.9. The number of nitrogens with zero attached hydrogens (tertiary/aromatic N) is 2. The molecule has 1 heterocycles. The molecule has 7 heteroatoms. The summed E-state index contributed by atoms with van der Waals surface area (Å²) >= 11 is 0. The second-order valence-corrected chi connectivity index (χ2v) is 8.04. The maximum absolute atomic E-state index is 12.5. The van der Waals surface area contributed by atoms with Crippen molar-refractivity contribution in [3.05, 3.63) is 90.0 Å². The van der Waals surface area contributed by atoms with E-state index in [0.717, 1.165) is 49.7 Å². The van der Waals surface area contributed by atoms with E-state index in [2.05, 4.69) is 15.1 Å². The van der Waals surface area contributed by atoms with Crippen LogP contribution in [0.3, 0.4) is 0 Å². The van der Waals surface area contributed by atoms with E-state index in [-0.39, 0.29) is 5.91 Å². The third-order valence-corrected chi connectivity index (χ3v) is 5.56. The van der Waals surface area contributed by atoms with E-state index in [4.69, 9.17) is 9.84 Å². The van der Waals surface area contributed by atoms with Crippen LogP contribution >= 0.6 is 0 Å². The van der Waals surface area contributed by atoms with Gasteiger partial charge in [-0.2, -0.15) is 0 Å². The summed E-state index contributed by atoms with van der Waals surface area (Å²) in [7, 11) is 0. The fraction of sp³-hybridized carbons (Fsp3) is 0.231. The van der Waals surface area contributed by atoms with Crippen LogP contribution in [0.1, 0.15) is 15.9 Å². The Hall–Kier alpha value is -3.68. The predicted octanol–water partition coefficient (Wildman–Crippen LogP) is 3.93. The molecule has 1 saturated heterocycles. The number of ether oxygens (including phenoxy) is 1. The number of amides is 1. The quantitative estimate of drug-likeness (QED) is 0.547. The number of benzene rings is 3. The van der Waals surface area contributed by atoms with Crippen LogP contribution in [0.4, 0.5) is 5.69 Å². The van der Waals surface area contributed by atoms with Crippen molar-refractivity contribution in [2.24, 2.45) is 0 Å². The maximum atomic E-state index is 12.5. The summed E-state index contributed by atoms with van der Waals surface area (Å²) in [6.07, 6.45) is 0. The summed E-state index contributed by atoms with van der Waals surface area (Å²) in [6, 6.07) is 23.9. The van der Waals surface area contributed by atoms with E-state index in [1.807, 2.05) is 66.7 Å². The zero-order chi connectivity index (χ0) is 23.0. The second-order valence-electron chi connectivity index (χ2n) is 8.04. The van der Waals surface area contributed by atoms with Crippen molar-refractivity contribution >= 4 is 17.6 Å². The normalized spacial score (nSPS) is 14.5. The standard InChI is InChI=1S/C26H27N3O4/c30-25(27-22-10-12-24(13-11-22)33-23-4-2-1-3-5-23)19-29-16-14-28(15-17-29)18-20-6-8-21(9-7-20)26(31)32/h1-13H,14-19H2,(H,27,30)(H,31,32). The van der Waals surface area contributed by atoms with Gasteiger partial charge in [-0.3, -0.25) is 14.6 Å². The molecule has 3 aromatic carbocycles. The first kappa shape index (κ1) is 22.5. The summed E-state index contributed by atoms with van der Waals surface area (Å²) in [5, 5.41) is 12.0. The number of para-hydroxylation sites is 1. The minimum Gasteiger partial charge on any atom is -0.478 e. The van der Waals surface area contributed by atoms with Crippen LogP contribution in [0, 0.1) is 0 Å². The Labute approximate surface area is 193 Å². The van der Waals surface area contributed by atoms with E-state index in [0.29, 0.717) is 17.9 Å². The fourth-order valence-corrected chi connectivity index (χ4v) is 3.75. The second kappa shape index (κ2) is 10.8. The highest BCUT2D eigenvalue weighted by Gasteiger charge is 2.19. The van der Waals surface area contributed by atoms with Gasteiger partial charge < -0.3 is 15.2 Å². The molecule has 0 unspecified atom stereocenters. The Bertz CT molecular complexity index is 1060. The number of aromatic carboxylic acids is 1. The molecule has 0 spiro atoms. The number of piperazine rings is 1. The van der Waals surface area contributed by atoms with Gasteiger partial charge in [0, 0.05) is 38.4 Å². The Kier molecular flexibility index (Phi) is 7.34. The number of hydrogen-bond acceptors (Lipinski definition) is 5. The number of carbonyl (C=O) groups is 2. The molecule has 3 aromatic rings. The molecule has 170 valence electrons. The molecule has 2 N–H and O–H groups in total. The summed E-state index contributed by atoms with van der Waals surface area (Å²) < 4.78 is 5.78. The predicted molar refractivity (Wildman–Crippen MR) is 127 cm³/mol. The lowest BCUT2D eigenvalue weighted by Crippen LogP contribution is -2.48. The molecule has 0 aromatic heterocycles. The molecular weight excluding hydrogens is 418 g/mol. The highest BCUT2D eigenvalue weighted by atomic mass is 16.5. The lowest BCUT2D eigenvalue weighted by Gasteiger charge is -2.34. The van der Waals surface area contributed by atoms with Crippen LogP contribution in [0.15, 0.2) is 78.9 Å². The zero-order valence-electron chi connectivity index (χ0n) is 18.3. The zero-order valence-corrected chi connectivity index (χ0v) is 18.3. The van der Waals surface area contributed by atoms with Gasteiger partial charge in [-0.15, -0.1) is 0 Å². The van der Waals surface area contributed by atoms with E-state index >= 15 is 0 Å². The van der Waals surface area contributed by atoms with Gasteiger partial charge in [-0.1, -0.05) is 30.3 Å². The monoisotopic (exact) mass is 445 g/mol. The van der Waals surface area contributed by atoms with Crippen LogP contribution in [-0.2, 0) is 11.3 Å². The highest BCUT2D eigenvalue weighted by molar-refractivity contribution is 5.92. The molecule has 0 bridgehead atoms. The van der Waals surface area contributed by atoms with E-state index in [9.17, 15) is 9.59 Å². The average Bonchev–Trinajstić information content (AvgIpc) is 2.83. The molecule has 1 aliphatic heterocycles. The Morgan fingerprint density at radius 3 is 2.03 bits per heavy atom. The number of hydrogen-bond donors (Lipinski definition) is 2. The number of anilines is 1. The third kappa shape index (κ3) is 6.65. The van der Waals surface area contributed by atoms with Crippen LogP contribution in [-0.4, -0.2) is 59.5 Å². The highest BCUT2D eigenvalue weighted by Crippen LogP contribution is 2.22. The summed E-state index contributed by atoms with van der Waals surface area (Å²) in [5.74, 6) is 0.535. The van der Waals surface area contributed by atoms with E-state index in [1.54, 1.807) is 12.1 Å². The van der Waals surface area contributed by atoms with Crippen molar-refractivity contribution in [1.29, 1.82) is 0 Å². The Morgan fingerprint density at radius 2 is 1.39 bits per heavy atom. The molecule has 1 fully saturated rings. The van der Waals surface area contributed by atoms with Gasteiger partial charge in [-0.05, 0) is 54.1 Å². The number of carbonyl (C=O) groups excluding carboxylic acids is 1. The summed E-state index contributed by atoms with van der Waals surface area (Å²) in [5.41, 5.74) is 2.13. The van der Waals surface area contributed by atoms with Crippen LogP contribution in [0.25, 0.3) is 0 Å². The van der Waals surface area contributed by atoms with Crippen molar-refractivity contribution in [1.82, 2.24) is 9.80 Å². The number of nitrogens with one attached hydrogen (secondary N) is 1. The van der Waals surface area contributed by atoms with Gasteiger partial charge in [0.25, 0.3) is 0 Å². The Morgan fingerprint density at radius 1 is 0.788 bits per heavy atom. The van der Waals surface area contributed by atoms with Crippen molar-refractivity contribution in [2.45, 2.75) is 6.54 Å². The first-order valence-corrected chi connectivity index (χ1v) is 10.9. The van der Waals surface area contributed by atoms with Gasteiger partial charge in [0.05, 0.1) is 12.1 Å². The van der Waals surface area contributed by atoms with E-state index in [1.165, 1.54) is 0 Å². The topological polar surface area (TPSA) is 82.1 Å². The van der Waals surface area contributed by atoms with Crippen molar-refractivity contribution in [2.75, 3.05) is 38.0 Å². The van der Waals surface area contributed by atoms with Gasteiger partial charge >= 0.3 is 5.97 Å². The van der Waals surface area contributed by atoms with Gasteiger partial charge in [0.15, 0.2) is 0 Å².